The van der Waals surface area contributed by atoms with Crippen LogP contribution in [0.4, 0.5) is 0 Å². The van der Waals surface area contributed by atoms with E-state index in [-0.39, 0.29) is 5.78 Å². The number of carbonyl (C=O) groups is 1. The number of hydrogen-bond acceptors (Lipinski definition) is 1. The number of carbonyl (C=O) groups excluding carboxylic acids is 1. The van der Waals surface area contributed by atoms with Crippen LogP contribution in [0.15, 0.2) is 42.5 Å². The Bertz CT molecular complexity index is 437. The molecule has 2 rings (SSSR count). The Hall–Kier alpha value is -1.63. The van der Waals surface area contributed by atoms with Crippen molar-refractivity contribution < 1.29 is 4.79 Å². The average Bonchev–Trinajstić information content (AvgIpc) is 2.38. The first kappa shape index (κ1) is 11.8. The van der Waals surface area contributed by atoms with E-state index in [0.29, 0.717) is 5.92 Å². The number of benzene rings is 1. The van der Waals surface area contributed by atoms with E-state index in [2.05, 4.69) is 36.4 Å². The van der Waals surface area contributed by atoms with Crippen LogP contribution in [0.2, 0.25) is 0 Å². The molecule has 0 N–H and O–H groups in total. The van der Waals surface area contributed by atoms with E-state index in [0.717, 1.165) is 5.56 Å². The highest BCUT2D eigenvalue weighted by Crippen LogP contribution is 2.27. The molecule has 1 atom stereocenters. The first-order valence-electron chi connectivity index (χ1n) is 6.21. The lowest BCUT2D eigenvalue weighted by Crippen LogP contribution is -1.98. The molecule has 1 aromatic carbocycles. The Morgan fingerprint density at radius 1 is 1.29 bits per heavy atom. The van der Waals surface area contributed by atoms with Gasteiger partial charge in [0, 0.05) is 5.92 Å². The summed E-state index contributed by atoms with van der Waals surface area (Å²) < 4.78 is 0. The van der Waals surface area contributed by atoms with Gasteiger partial charge in [0.05, 0.1) is 0 Å². The quantitative estimate of drug-likeness (QED) is 0.560. The third-order valence-electron chi connectivity index (χ3n) is 3.13. The molecule has 0 amide bonds. The van der Waals surface area contributed by atoms with Crippen LogP contribution >= 0.6 is 0 Å². The summed E-state index contributed by atoms with van der Waals surface area (Å²) in [4.78, 5) is 10.8. The fourth-order valence-electron chi connectivity index (χ4n) is 2.16. The second-order valence-electron chi connectivity index (χ2n) is 4.58. The van der Waals surface area contributed by atoms with E-state index in [1.54, 1.807) is 13.0 Å². The summed E-state index contributed by atoms with van der Waals surface area (Å²) >= 11 is 0. The smallest absolute Gasteiger partial charge is 0.152 e. The fourth-order valence-corrected chi connectivity index (χ4v) is 2.16. The van der Waals surface area contributed by atoms with Gasteiger partial charge in [0.2, 0.25) is 0 Å². The maximum atomic E-state index is 10.8. The maximum absolute atomic E-state index is 10.8. The van der Waals surface area contributed by atoms with Gasteiger partial charge in [-0.05, 0) is 43.4 Å². The van der Waals surface area contributed by atoms with Crippen LogP contribution in [0, 0.1) is 0 Å². The Morgan fingerprint density at radius 2 is 2.06 bits per heavy atom. The molecule has 1 aliphatic rings. The molecule has 1 aromatic rings. The van der Waals surface area contributed by atoms with Crippen LogP contribution in [0.1, 0.15) is 43.2 Å². The number of allylic oxidation sites excluding steroid dienone is 3. The SMILES string of the molecule is CC(=O)/C=C/c1ccc(C2C=CCCC2)cc1. The Morgan fingerprint density at radius 3 is 2.65 bits per heavy atom. The molecule has 0 fully saturated rings. The summed E-state index contributed by atoms with van der Waals surface area (Å²) in [6, 6.07) is 8.49. The first-order valence-corrected chi connectivity index (χ1v) is 6.21. The standard InChI is InChI=1S/C16H18O/c1-13(17)7-8-14-9-11-16(12-10-14)15-5-3-2-4-6-15/h3,5,7-12,15H,2,4,6H2,1H3/b8-7+. The molecule has 17 heavy (non-hydrogen) atoms. The highest BCUT2D eigenvalue weighted by molar-refractivity contribution is 5.91. The molecular formula is C16H18O. The van der Waals surface area contributed by atoms with Crippen molar-refractivity contribution in [1.29, 1.82) is 0 Å². The molecule has 1 unspecified atom stereocenters. The van der Waals surface area contributed by atoms with Gasteiger partial charge in [-0.3, -0.25) is 4.79 Å². The summed E-state index contributed by atoms with van der Waals surface area (Å²) in [5.74, 6) is 0.666. The monoisotopic (exact) mass is 226 g/mol. The number of hydrogen-bond donors (Lipinski definition) is 0. The normalized spacial score (nSPS) is 19.7. The molecule has 0 aliphatic heterocycles. The van der Waals surface area contributed by atoms with Crippen LogP contribution in [0.3, 0.4) is 0 Å². The lowest BCUT2D eigenvalue weighted by atomic mass is 9.89. The lowest BCUT2D eigenvalue weighted by Gasteiger charge is -2.16. The average molecular weight is 226 g/mol. The predicted octanol–water partition coefficient (Wildman–Crippen LogP) is 4.11. The number of rotatable bonds is 3. The minimum absolute atomic E-state index is 0.0873. The minimum Gasteiger partial charge on any atom is -0.295 e. The minimum atomic E-state index is 0.0873. The first-order chi connectivity index (χ1) is 8.25. The van der Waals surface area contributed by atoms with Crippen molar-refractivity contribution in [3.05, 3.63) is 53.6 Å². The van der Waals surface area contributed by atoms with E-state index < -0.39 is 0 Å². The highest BCUT2D eigenvalue weighted by Gasteiger charge is 2.09. The van der Waals surface area contributed by atoms with Crippen molar-refractivity contribution in [3.63, 3.8) is 0 Å². The zero-order valence-corrected chi connectivity index (χ0v) is 10.2. The molecule has 0 saturated carbocycles. The van der Waals surface area contributed by atoms with Gasteiger partial charge in [-0.1, -0.05) is 42.5 Å². The third kappa shape index (κ3) is 3.42. The molecule has 0 spiro atoms. The van der Waals surface area contributed by atoms with Crippen molar-refractivity contribution in [3.8, 4) is 0 Å². The Labute approximate surface area is 103 Å². The fraction of sp³-hybridized carbons (Fsp3) is 0.312. The van der Waals surface area contributed by atoms with Crippen molar-refractivity contribution in [2.75, 3.05) is 0 Å². The van der Waals surface area contributed by atoms with Gasteiger partial charge in [0.25, 0.3) is 0 Å². The van der Waals surface area contributed by atoms with Gasteiger partial charge < -0.3 is 0 Å². The van der Waals surface area contributed by atoms with Gasteiger partial charge in [-0.15, -0.1) is 0 Å². The molecule has 0 heterocycles. The summed E-state index contributed by atoms with van der Waals surface area (Å²) in [6.07, 6.45) is 11.8. The van der Waals surface area contributed by atoms with Crippen LogP contribution in [-0.2, 0) is 4.79 Å². The third-order valence-corrected chi connectivity index (χ3v) is 3.13. The zero-order chi connectivity index (χ0) is 12.1. The highest BCUT2D eigenvalue weighted by atomic mass is 16.1. The van der Waals surface area contributed by atoms with Crippen LogP contribution in [-0.4, -0.2) is 5.78 Å². The van der Waals surface area contributed by atoms with Gasteiger partial charge in [0.1, 0.15) is 0 Å². The predicted molar refractivity (Wildman–Crippen MR) is 71.9 cm³/mol. The van der Waals surface area contributed by atoms with E-state index in [1.165, 1.54) is 24.8 Å². The van der Waals surface area contributed by atoms with Crippen LogP contribution in [0.5, 0.6) is 0 Å². The van der Waals surface area contributed by atoms with Crippen molar-refractivity contribution in [1.82, 2.24) is 0 Å². The van der Waals surface area contributed by atoms with E-state index in [1.807, 2.05) is 6.08 Å². The van der Waals surface area contributed by atoms with Crippen molar-refractivity contribution in [2.45, 2.75) is 32.1 Å². The van der Waals surface area contributed by atoms with Crippen LogP contribution in [0.25, 0.3) is 6.08 Å². The maximum Gasteiger partial charge on any atom is 0.152 e. The Balaban J connectivity index is 2.09. The molecule has 0 aromatic heterocycles. The van der Waals surface area contributed by atoms with Crippen LogP contribution < -0.4 is 0 Å². The van der Waals surface area contributed by atoms with Gasteiger partial charge in [-0.2, -0.15) is 0 Å². The molecule has 88 valence electrons. The van der Waals surface area contributed by atoms with Crippen molar-refractivity contribution in [2.24, 2.45) is 0 Å². The lowest BCUT2D eigenvalue weighted by molar-refractivity contribution is -0.112. The molecule has 0 saturated heterocycles. The van der Waals surface area contributed by atoms with E-state index in [4.69, 9.17) is 0 Å². The number of ketones is 1. The summed E-state index contributed by atoms with van der Waals surface area (Å²) in [5.41, 5.74) is 2.46. The topological polar surface area (TPSA) is 17.1 Å². The molecule has 1 aliphatic carbocycles. The second-order valence-corrected chi connectivity index (χ2v) is 4.58. The largest absolute Gasteiger partial charge is 0.295 e. The van der Waals surface area contributed by atoms with Gasteiger partial charge in [0.15, 0.2) is 5.78 Å². The van der Waals surface area contributed by atoms with E-state index >= 15 is 0 Å². The summed E-state index contributed by atoms with van der Waals surface area (Å²) in [6.45, 7) is 1.57. The summed E-state index contributed by atoms with van der Waals surface area (Å²) in [5, 5.41) is 0. The van der Waals surface area contributed by atoms with Gasteiger partial charge >= 0.3 is 0 Å². The molecule has 1 nitrogen and oxygen atoms in total. The summed E-state index contributed by atoms with van der Waals surface area (Å²) in [7, 11) is 0. The zero-order valence-electron chi connectivity index (χ0n) is 10.2. The van der Waals surface area contributed by atoms with E-state index in [9.17, 15) is 4.79 Å². The molecule has 0 radical (unpaired) electrons. The molecular weight excluding hydrogens is 208 g/mol. The molecule has 1 heteroatoms. The Kier molecular flexibility index (Phi) is 3.92. The molecule has 0 bridgehead atoms. The van der Waals surface area contributed by atoms with Crippen molar-refractivity contribution >= 4 is 11.9 Å². The second kappa shape index (κ2) is 5.62. The van der Waals surface area contributed by atoms with Gasteiger partial charge in [-0.25, -0.2) is 0 Å².